The second-order valence-corrected chi connectivity index (χ2v) is 10.1. The van der Waals surface area contributed by atoms with Crippen LogP contribution in [0.1, 0.15) is 105 Å². The SMILES string of the molecule is CC.CCC1CC23C4CCC(CC)C4(C)CCC2C32CCCCC12. The summed E-state index contributed by atoms with van der Waals surface area (Å²) in [5.74, 6) is 5.56. The summed E-state index contributed by atoms with van der Waals surface area (Å²) in [6, 6.07) is 0. The van der Waals surface area contributed by atoms with Gasteiger partial charge in [0.1, 0.15) is 0 Å². The first kappa shape index (κ1) is 17.4. The van der Waals surface area contributed by atoms with Crippen LogP contribution in [-0.4, -0.2) is 0 Å². The number of hydrogen-bond acceptors (Lipinski definition) is 0. The van der Waals surface area contributed by atoms with Gasteiger partial charge in [-0.25, -0.2) is 0 Å². The molecule has 8 atom stereocenters. The average molecular weight is 331 g/mol. The molecule has 5 aliphatic rings. The number of fused-ring (bicyclic) bond motifs is 1. The molecule has 0 amide bonds. The number of rotatable bonds is 2. The highest BCUT2D eigenvalue weighted by atomic mass is 14.9. The fraction of sp³-hybridized carbons (Fsp3) is 1.00. The largest absolute Gasteiger partial charge is 0.0683 e. The summed E-state index contributed by atoms with van der Waals surface area (Å²) in [7, 11) is 0. The molecule has 0 bridgehead atoms. The maximum atomic E-state index is 2.73. The van der Waals surface area contributed by atoms with Crippen molar-refractivity contribution >= 4 is 0 Å². The van der Waals surface area contributed by atoms with E-state index in [9.17, 15) is 0 Å². The minimum Gasteiger partial charge on any atom is -0.0683 e. The van der Waals surface area contributed by atoms with Gasteiger partial charge in [0.15, 0.2) is 0 Å². The standard InChI is InChI=1S/C22H36.C2H6/c1-4-15-14-22-18-10-9-16(5-2)20(18,3)13-11-19(22)21(22)12-7-6-8-17(15)21;1-2/h15-19H,4-14H2,1-3H3;1-2H3. The van der Waals surface area contributed by atoms with Crippen molar-refractivity contribution in [3.05, 3.63) is 0 Å². The molecule has 0 radical (unpaired) electrons. The molecule has 0 N–H and O–H groups in total. The molecule has 5 fully saturated rings. The quantitative estimate of drug-likeness (QED) is 0.492. The van der Waals surface area contributed by atoms with Crippen LogP contribution in [0.3, 0.4) is 0 Å². The van der Waals surface area contributed by atoms with Crippen molar-refractivity contribution in [1.29, 1.82) is 0 Å². The van der Waals surface area contributed by atoms with E-state index in [0.29, 0.717) is 0 Å². The first-order valence-electron chi connectivity index (χ1n) is 11.6. The van der Waals surface area contributed by atoms with Crippen LogP contribution in [0, 0.1) is 45.8 Å². The highest BCUT2D eigenvalue weighted by molar-refractivity contribution is 5.34. The second-order valence-electron chi connectivity index (χ2n) is 10.1. The molecular weight excluding hydrogens is 288 g/mol. The summed E-state index contributed by atoms with van der Waals surface area (Å²) in [4.78, 5) is 0. The van der Waals surface area contributed by atoms with E-state index in [1.807, 2.05) is 13.8 Å². The first-order chi connectivity index (χ1) is 11.6. The molecule has 5 rings (SSSR count). The van der Waals surface area contributed by atoms with Crippen molar-refractivity contribution in [1.82, 2.24) is 0 Å². The van der Waals surface area contributed by atoms with Crippen LogP contribution in [0.25, 0.3) is 0 Å². The summed E-state index contributed by atoms with van der Waals surface area (Å²) in [5.41, 5.74) is 2.42. The fourth-order valence-electron chi connectivity index (χ4n) is 9.86. The second kappa shape index (κ2) is 5.75. The molecule has 0 aromatic carbocycles. The van der Waals surface area contributed by atoms with E-state index in [1.165, 1.54) is 18.8 Å². The topological polar surface area (TPSA) is 0 Å². The summed E-state index contributed by atoms with van der Waals surface area (Å²) in [6.07, 6.45) is 17.2. The van der Waals surface area contributed by atoms with E-state index in [4.69, 9.17) is 0 Å². The van der Waals surface area contributed by atoms with Gasteiger partial charge in [0.2, 0.25) is 0 Å². The molecule has 8 unspecified atom stereocenters. The van der Waals surface area contributed by atoms with Crippen molar-refractivity contribution in [3.63, 3.8) is 0 Å². The van der Waals surface area contributed by atoms with Crippen molar-refractivity contribution in [2.24, 2.45) is 45.8 Å². The third-order valence-electron chi connectivity index (χ3n) is 10.4. The van der Waals surface area contributed by atoms with Gasteiger partial charge in [-0.3, -0.25) is 0 Å². The van der Waals surface area contributed by atoms with Crippen LogP contribution in [0.15, 0.2) is 0 Å². The zero-order valence-corrected chi connectivity index (χ0v) is 17.2. The Bertz CT molecular complexity index is 480. The minimum absolute atomic E-state index is 0.722. The maximum Gasteiger partial charge on any atom is -0.0165 e. The molecule has 0 aromatic heterocycles. The van der Waals surface area contributed by atoms with Gasteiger partial charge in [0.25, 0.3) is 0 Å². The predicted molar refractivity (Wildman–Crippen MR) is 104 cm³/mol. The molecule has 5 saturated carbocycles. The van der Waals surface area contributed by atoms with Gasteiger partial charge in [-0.1, -0.05) is 60.3 Å². The Hall–Kier alpha value is 0. The summed E-state index contributed by atoms with van der Waals surface area (Å²) in [6.45, 7) is 11.7. The van der Waals surface area contributed by atoms with Crippen molar-refractivity contribution in [2.75, 3.05) is 0 Å². The van der Waals surface area contributed by atoms with E-state index in [2.05, 4.69) is 20.8 Å². The van der Waals surface area contributed by atoms with Crippen molar-refractivity contribution in [2.45, 2.75) is 105 Å². The lowest BCUT2D eigenvalue weighted by molar-refractivity contribution is 0.0295. The Morgan fingerprint density at radius 3 is 2.29 bits per heavy atom. The number of hydrogen-bond donors (Lipinski definition) is 0. The molecular formula is C24H42. The summed E-state index contributed by atoms with van der Waals surface area (Å²) < 4.78 is 0. The van der Waals surface area contributed by atoms with Gasteiger partial charge in [-0.2, -0.15) is 0 Å². The molecule has 138 valence electrons. The molecule has 24 heavy (non-hydrogen) atoms. The lowest BCUT2D eigenvalue weighted by atomic mass is 9.59. The van der Waals surface area contributed by atoms with Gasteiger partial charge in [-0.05, 0) is 90.8 Å². The summed E-state index contributed by atoms with van der Waals surface area (Å²) in [5, 5.41) is 0. The smallest absolute Gasteiger partial charge is 0.0165 e. The van der Waals surface area contributed by atoms with Crippen LogP contribution in [0.4, 0.5) is 0 Å². The van der Waals surface area contributed by atoms with Gasteiger partial charge >= 0.3 is 0 Å². The molecule has 0 nitrogen and oxygen atoms in total. The molecule has 0 saturated heterocycles. The van der Waals surface area contributed by atoms with Gasteiger partial charge < -0.3 is 0 Å². The van der Waals surface area contributed by atoms with Gasteiger partial charge in [0, 0.05) is 0 Å². The van der Waals surface area contributed by atoms with Crippen molar-refractivity contribution < 1.29 is 0 Å². The zero-order chi connectivity index (χ0) is 17.2. The minimum atomic E-state index is 0.722. The Morgan fingerprint density at radius 1 is 0.792 bits per heavy atom. The lowest BCUT2D eigenvalue weighted by Crippen LogP contribution is -2.39. The van der Waals surface area contributed by atoms with Crippen LogP contribution in [0.5, 0.6) is 0 Å². The lowest BCUT2D eigenvalue weighted by Gasteiger charge is -2.45. The Labute approximate surface area is 151 Å². The maximum absolute atomic E-state index is 2.73. The Kier molecular flexibility index (Phi) is 4.17. The monoisotopic (exact) mass is 330 g/mol. The molecule has 0 heterocycles. The Morgan fingerprint density at radius 2 is 1.58 bits per heavy atom. The molecule has 2 spiro atoms. The molecule has 0 heteroatoms. The molecule has 0 aromatic rings. The van der Waals surface area contributed by atoms with Crippen LogP contribution >= 0.6 is 0 Å². The van der Waals surface area contributed by atoms with E-state index >= 15 is 0 Å². The highest BCUT2D eigenvalue weighted by Gasteiger charge is 2.86. The third-order valence-corrected chi connectivity index (χ3v) is 10.4. The first-order valence-corrected chi connectivity index (χ1v) is 11.6. The Balaban J connectivity index is 0.000000704. The van der Waals surface area contributed by atoms with Crippen LogP contribution in [0.2, 0.25) is 0 Å². The normalized spacial score (nSPS) is 57.1. The molecule has 0 aliphatic heterocycles. The van der Waals surface area contributed by atoms with E-state index in [-0.39, 0.29) is 0 Å². The van der Waals surface area contributed by atoms with Crippen LogP contribution in [-0.2, 0) is 0 Å². The predicted octanol–water partition coefficient (Wildman–Crippen LogP) is 7.47. The average Bonchev–Trinajstić information content (AvgIpc) is 2.90. The summed E-state index contributed by atoms with van der Waals surface area (Å²) >= 11 is 0. The highest BCUT2D eigenvalue weighted by Crippen LogP contribution is 2.92. The fourth-order valence-corrected chi connectivity index (χ4v) is 9.86. The van der Waals surface area contributed by atoms with E-state index in [1.54, 1.807) is 57.8 Å². The van der Waals surface area contributed by atoms with Crippen LogP contribution < -0.4 is 0 Å². The van der Waals surface area contributed by atoms with Crippen molar-refractivity contribution in [3.8, 4) is 0 Å². The van der Waals surface area contributed by atoms with Gasteiger partial charge in [0.05, 0.1) is 0 Å². The van der Waals surface area contributed by atoms with E-state index < -0.39 is 0 Å². The third kappa shape index (κ3) is 1.72. The van der Waals surface area contributed by atoms with E-state index in [0.717, 1.165) is 39.9 Å². The zero-order valence-electron chi connectivity index (χ0n) is 17.2. The van der Waals surface area contributed by atoms with Gasteiger partial charge in [-0.15, -0.1) is 0 Å². The molecule has 5 aliphatic carbocycles.